The molecule has 92 valence electrons. The lowest BCUT2D eigenvalue weighted by atomic mass is 10.2. The highest BCUT2D eigenvalue weighted by Gasteiger charge is 2.02. The van der Waals surface area contributed by atoms with Crippen LogP contribution in [0.5, 0.6) is 5.75 Å². The number of aromatic carboxylic acids is 1. The molecule has 0 heterocycles. The molecule has 3 nitrogen and oxygen atoms in total. The first-order valence-corrected chi connectivity index (χ1v) is 5.73. The molecule has 0 radical (unpaired) electrons. The molecule has 0 saturated heterocycles. The SMILES string of the molecule is O=C(O)c1ccc(OCc2cccc(Cl)c2)cc1. The predicted octanol–water partition coefficient (Wildman–Crippen LogP) is 3.62. The van der Waals surface area contributed by atoms with Gasteiger partial charge in [0, 0.05) is 5.02 Å². The number of hydrogen-bond acceptors (Lipinski definition) is 2. The second-order valence-electron chi connectivity index (χ2n) is 3.75. The summed E-state index contributed by atoms with van der Waals surface area (Å²) in [6.45, 7) is 0.396. The number of carboxylic acids is 1. The van der Waals surface area contributed by atoms with Gasteiger partial charge in [-0.3, -0.25) is 0 Å². The molecule has 2 aromatic carbocycles. The van der Waals surface area contributed by atoms with Gasteiger partial charge in [-0.25, -0.2) is 4.79 Å². The molecule has 1 N–H and O–H groups in total. The van der Waals surface area contributed by atoms with Crippen LogP contribution in [0.25, 0.3) is 0 Å². The Kier molecular flexibility index (Phi) is 3.85. The normalized spacial score (nSPS) is 10.1. The van der Waals surface area contributed by atoms with Crippen molar-refractivity contribution in [2.24, 2.45) is 0 Å². The molecule has 0 spiro atoms. The Hall–Kier alpha value is -2.00. The number of rotatable bonds is 4. The van der Waals surface area contributed by atoms with Gasteiger partial charge in [-0.05, 0) is 42.0 Å². The first kappa shape index (κ1) is 12.5. The summed E-state index contributed by atoms with van der Waals surface area (Å²) < 4.78 is 5.53. The predicted molar refractivity (Wildman–Crippen MR) is 69.2 cm³/mol. The van der Waals surface area contributed by atoms with E-state index in [1.807, 2.05) is 18.2 Å². The van der Waals surface area contributed by atoms with Crippen LogP contribution in [0.15, 0.2) is 48.5 Å². The number of benzene rings is 2. The van der Waals surface area contributed by atoms with Gasteiger partial charge in [-0.1, -0.05) is 23.7 Å². The molecule has 0 aliphatic heterocycles. The summed E-state index contributed by atoms with van der Waals surface area (Å²) in [6.07, 6.45) is 0. The first-order chi connectivity index (χ1) is 8.65. The van der Waals surface area contributed by atoms with E-state index in [1.165, 1.54) is 12.1 Å². The molecule has 18 heavy (non-hydrogen) atoms. The van der Waals surface area contributed by atoms with Gasteiger partial charge in [-0.15, -0.1) is 0 Å². The van der Waals surface area contributed by atoms with E-state index in [0.717, 1.165) is 5.56 Å². The lowest BCUT2D eigenvalue weighted by Gasteiger charge is -2.06. The quantitative estimate of drug-likeness (QED) is 0.915. The molecule has 0 atom stereocenters. The van der Waals surface area contributed by atoms with E-state index in [9.17, 15) is 4.79 Å². The molecule has 0 aliphatic carbocycles. The van der Waals surface area contributed by atoms with Gasteiger partial charge in [0.15, 0.2) is 0 Å². The van der Waals surface area contributed by atoms with Gasteiger partial charge in [0.05, 0.1) is 5.56 Å². The molecule has 0 aliphatic rings. The maximum Gasteiger partial charge on any atom is 0.335 e. The van der Waals surface area contributed by atoms with Crippen LogP contribution in [0, 0.1) is 0 Å². The average Bonchev–Trinajstić information content (AvgIpc) is 2.37. The third kappa shape index (κ3) is 3.25. The molecule has 2 aromatic rings. The van der Waals surface area contributed by atoms with Gasteiger partial charge < -0.3 is 9.84 Å². The minimum atomic E-state index is -0.948. The van der Waals surface area contributed by atoms with Crippen LogP contribution in [0.1, 0.15) is 15.9 Å². The van der Waals surface area contributed by atoms with Gasteiger partial charge >= 0.3 is 5.97 Å². The van der Waals surface area contributed by atoms with E-state index >= 15 is 0 Å². The van der Waals surface area contributed by atoms with Crippen LogP contribution >= 0.6 is 11.6 Å². The standard InChI is InChI=1S/C14H11ClO3/c15-12-3-1-2-10(8-12)9-18-13-6-4-11(5-7-13)14(16)17/h1-8H,9H2,(H,16,17). The Morgan fingerprint density at radius 2 is 1.89 bits per heavy atom. The van der Waals surface area contributed by atoms with Gasteiger partial charge in [-0.2, -0.15) is 0 Å². The van der Waals surface area contributed by atoms with E-state index in [0.29, 0.717) is 17.4 Å². The fraction of sp³-hybridized carbons (Fsp3) is 0.0714. The summed E-state index contributed by atoms with van der Waals surface area (Å²) in [5.74, 6) is -0.323. The van der Waals surface area contributed by atoms with Gasteiger partial charge in [0.1, 0.15) is 12.4 Å². The van der Waals surface area contributed by atoms with Crippen molar-refractivity contribution in [3.05, 3.63) is 64.7 Å². The lowest BCUT2D eigenvalue weighted by molar-refractivity contribution is 0.0697. The Balaban J connectivity index is 2.00. The van der Waals surface area contributed by atoms with Crippen LogP contribution < -0.4 is 4.74 Å². The Morgan fingerprint density at radius 1 is 1.17 bits per heavy atom. The summed E-state index contributed by atoms with van der Waals surface area (Å²) in [5, 5.41) is 9.42. The third-order valence-corrected chi connectivity index (χ3v) is 2.63. The van der Waals surface area contributed by atoms with Crippen molar-refractivity contribution in [1.82, 2.24) is 0 Å². The summed E-state index contributed by atoms with van der Waals surface area (Å²) in [4.78, 5) is 10.7. The lowest BCUT2D eigenvalue weighted by Crippen LogP contribution is -1.98. The van der Waals surface area contributed by atoms with Crippen molar-refractivity contribution >= 4 is 17.6 Å². The Labute approximate surface area is 110 Å². The summed E-state index contributed by atoms with van der Waals surface area (Å²) >= 11 is 5.86. The molecular formula is C14H11ClO3. The zero-order valence-corrected chi connectivity index (χ0v) is 10.2. The molecule has 0 bridgehead atoms. The molecular weight excluding hydrogens is 252 g/mol. The molecule has 0 unspecified atom stereocenters. The highest BCUT2D eigenvalue weighted by Crippen LogP contribution is 2.16. The van der Waals surface area contributed by atoms with Crippen LogP contribution in [0.3, 0.4) is 0 Å². The van der Waals surface area contributed by atoms with E-state index in [1.54, 1.807) is 18.2 Å². The van der Waals surface area contributed by atoms with Crippen molar-refractivity contribution in [3.8, 4) is 5.75 Å². The number of carbonyl (C=O) groups is 1. The number of halogens is 1. The van der Waals surface area contributed by atoms with Crippen LogP contribution in [-0.4, -0.2) is 11.1 Å². The maximum absolute atomic E-state index is 10.7. The largest absolute Gasteiger partial charge is 0.489 e. The van der Waals surface area contributed by atoms with Crippen molar-refractivity contribution in [1.29, 1.82) is 0 Å². The molecule has 0 saturated carbocycles. The molecule has 0 fully saturated rings. The minimum Gasteiger partial charge on any atom is -0.489 e. The Morgan fingerprint density at radius 3 is 2.50 bits per heavy atom. The third-order valence-electron chi connectivity index (χ3n) is 2.40. The smallest absolute Gasteiger partial charge is 0.335 e. The van der Waals surface area contributed by atoms with E-state index in [2.05, 4.69) is 0 Å². The fourth-order valence-electron chi connectivity index (χ4n) is 1.49. The summed E-state index contributed by atoms with van der Waals surface area (Å²) in [6, 6.07) is 13.7. The van der Waals surface area contributed by atoms with Gasteiger partial charge in [0.25, 0.3) is 0 Å². The molecule has 0 amide bonds. The van der Waals surface area contributed by atoms with Crippen molar-refractivity contribution in [3.63, 3.8) is 0 Å². The van der Waals surface area contributed by atoms with Gasteiger partial charge in [0.2, 0.25) is 0 Å². The highest BCUT2D eigenvalue weighted by molar-refractivity contribution is 6.30. The number of carboxylic acid groups (broad SMARTS) is 1. The second kappa shape index (κ2) is 5.56. The van der Waals surface area contributed by atoms with E-state index in [4.69, 9.17) is 21.4 Å². The van der Waals surface area contributed by atoms with Crippen molar-refractivity contribution < 1.29 is 14.6 Å². The highest BCUT2D eigenvalue weighted by atomic mass is 35.5. The van der Waals surface area contributed by atoms with Crippen molar-refractivity contribution in [2.75, 3.05) is 0 Å². The number of hydrogen-bond donors (Lipinski definition) is 1. The Bertz CT molecular complexity index is 549. The fourth-order valence-corrected chi connectivity index (χ4v) is 1.70. The maximum atomic E-state index is 10.7. The number of ether oxygens (including phenoxy) is 1. The van der Waals surface area contributed by atoms with Crippen LogP contribution in [-0.2, 0) is 6.61 Å². The van der Waals surface area contributed by atoms with Crippen LogP contribution in [0.4, 0.5) is 0 Å². The topological polar surface area (TPSA) is 46.5 Å². The zero-order valence-electron chi connectivity index (χ0n) is 9.47. The van der Waals surface area contributed by atoms with E-state index < -0.39 is 5.97 Å². The summed E-state index contributed by atoms with van der Waals surface area (Å²) in [7, 11) is 0. The molecule has 2 rings (SSSR count). The second-order valence-corrected chi connectivity index (χ2v) is 4.18. The zero-order chi connectivity index (χ0) is 13.0. The van der Waals surface area contributed by atoms with Crippen molar-refractivity contribution in [2.45, 2.75) is 6.61 Å². The average molecular weight is 263 g/mol. The van der Waals surface area contributed by atoms with E-state index in [-0.39, 0.29) is 5.56 Å². The first-order valence-electron chi connectivity index (χ1n) is 5.36. The molecule has 4 heteroatoms. The minimum absolute atomic E-state index is 0.241. The monoisotopic (exact) mass is 262 g/mol. The molecule has 0 aromatic heterocycles. The summed E-state index contributed by atoms with van der Waals surface area (Å²) in [5.41, 5.74) is 1.20. The van der Waals surface area contributed by atoms with Crippen LogP contribution in [0.2, 0.25) is 5.02 Å².